The molecule has 0 unspecified atom stereocenters. The minimum absolute atomic E-state index is 0.0640. The molecule has 1 aliphatic heterocycles. The highest BCUT2D eigenvalue weighted by Gasteiger charge is 2.19. The molecule has 3 aromatic heterocycles. The Morgan fingerprint density at radius 3 is 2.31 bits per heavy atom. The summed E-state index contributed by atoms with van der Waals surface area (Å²) < 4.78 is 19.5. The first kappa shape index (κ1) is 30.7. The van der Waals surface area contributed by atoms with Crippen LogP contribution in [0.15, 0.2) is 154 Å². The molecule has 0 saturated heterocycles. The second-order valence-corrected chi connectivity index (χ2v) is 14.6. The number of nitrogens with zero attached hydrogens (tertiary/aromatic N) is 1. The molecule has 0 saturated carbocycles. The number of benzene rings is 6. The summed E-state index contributed by atoms with van der Waals surface area (Å²) in [6.45, 7) is 0. The molecule has 9 aromatic rings. The SMILES string of the molecule is C=I/C=c1\c(=C\c2cc(-c3ccc4ccc5c(c4n3)N[C@@H](c3ccccc3)C=C5)cc(-c3cccc4c3oc3ccccc34)c2)oc2ccccc12. The molecule has 248 valence electrons. The van der Waals surface area contributed by atoms with Gasteiger partial charge in [-0.05, 0) is 68.8 Å². The van der Waals surface area contributed by atoms with Gasteiger partial charge in [-0.2, -0.15) is 0 Å². The van der Waals surface area contributed by atoms with E-state index in [1.807, 2.05) is 24.3 Å². The van der Waals surface area contributed by atoms with E-state index in [-0.39, 0.29) is 26.8 Å². The van der Waals surface area contributed by atoms with Crippen LogP contribution in [0, 0.1) is 0 Å². The summed E-state index contributed by atoms with van der Waals surface area (Å²) in [6.07, 6.45) is 6.57. The second kappa shape index (κ2) is 12.6. The van der Waals surface area contributed by atoms with Crippen LogP contribution in [0.3, 0.4) is 0 Å². The molecule has 1 N–H and O–H groups in total. The average Bonchev–Trinajstić information content (AvgIpc) is 3.75. The molecule has 6 aromatic carbocycles. The Bertz CT molecular complexity index is 3030. The molecule has 0 bridgehead atoms. The van der Waals surface area contributed by atoms with Crippen LogP contribution < -0.4 is 16.0 Å². The maximum absolute atomic E-state index is 6.53. The van der Waals surface area contributed by atoms with Gasteiger partial charge in [-0.1, -0.05) is 120 Å². The molecule has 52 heavy (non-hydrogen) atoms. The smallest absolute Gasteiger partial charge is 0.143 e. The van der Waals surface area contributed by atoms with Gasteiger partial charge in [0.2, 0.25) is 0 Å². The number of aromatic nitrogens is 1. The highest BCUT2D eigenvalue weighted by Crippen LogP contribution is 2.39. The Kier molecular flexibility index (Phi) is 7.46. The van der Waals surface area contributed by atoms with Crippen LogP contribution >= 0.6 is 20.7 Å². The molecule has 1 aliphatic rings. The maximum atomic E-state index is 6.53. The number of pyridine rings is 1. The third kappa shape index (κ3) is 5.28. The molecule has 10 rings (SSSR count). The Morgan fingerprint density at radius 2 is 1.44 bits per heavy atom. The Balaban J connectivity index is 1.19. The van der Waals surface area contributed by atoms with Crippen molar-refractivity contribution >= 4 is 91.0 Å². The standard InChI is InChI=1S/C47H31IN2O2/c1-48-28-39-37-13-6-7-16-42(37)51-44(39)26-29-24-33(35-14-9-15-38-36-12-5-8-17-43(36)52-47(35)38)27-34(25-29)41-23-21-32-19-18-31-20-22-40(30-10-3-2-4-11-30)49-45(31)46(32)50-41/h2-28,40,49H,1H2/b39-28-,44-26-/t40-/m1/s1. The molecular weight excluding hydrogens is 751 g/mol. The van der Waals surface area contributed by atoms with E-state index in [1.54, 1.807) is 0 Å². The fraction of sp³-hybridized carbons (Fsp3) is 0.0213. The van der Waals surface area contributed by atoms with Crippen molar-refractivity contribution in [2.75, 3.05) is 5.32 Å². The minimum atomic E-state index is -0.359. The number of halogens is 1. The first-order chi connectivity index (χ1) is 25.7. The first-order valence-corrected chi connectivity index (χ1v) is 20.0. The van der Waals surface area contributed by atoms with Gasteiger partial charge >= 0.3 is 0 Å². The van der Waals surface area contributed by atoms with Crippen LogP contribution in [0.1, 0.15) is 22.7 Å². The minimum Gasteiger partial charge on any atom is -0.456 e. The van der Waals surface area contributed by atoms with Crippen LogP contribution in [-0.2, 0) is 0 Å². The zero-order valence-electron chi connectivity index (χ0n) is 28.0. The lowest BCUT2D eigenvalue weighted by Gasteiger charge is -2.24. The number of hydrogen-bond acceptors (Lipinski definition) is 4. The van der Waals surface area contributed by atoms with E-state index >= 15 is 0 Å². The molecule has 0 spiro atoms. The van der Waals surface area contributed by atoms with E-state index in [1.165, 1.54) is 5.56 Å². The molecule has 0 aliphatic carbocycles. The summed E-state index contributed by atoms with van der Waals surface area (Å²) in [6, 6.07) is 48.7. The summed E-state index contributed by atoms with van der Waals surface area (Å²) in [7, 11) is 0. The fourth-order valence-electron chi connectivity index (χ4n) is 7.46. The summed E-state index contributed by atoms with van der Waals surface area (Å²) in [4.78, 5) is 5.38. The van der Waals surface area contributed by atoms with E-state index < -0.39 is 0 Å². The van der Waals surface area contributed by atoms with E-state index in [2.05, 4.69) is 147 Å². The fourth-order valence-corrected chi connectivity index (χ4v) is 8.54. The third-order valence-corrected chi connectivity index (χ3v) is 11.0. The third-order valence-electron chi connectivity index (χ3n) is 9.93. The lowest BCUT2D eigenvalue weighted by atomic mass is 9.95. The summed E-state index contributed by atoms with van der Waals surface area (Å²) in [5, 5.41) is 9.30. The van der Waals surface area contributed by atoms with Crippen molar-refractivity contribution < 1.29 is 8.83 Å². The van der Waals surface area contributed by atoms with Gasteiger partial charge < -0.3 is 14.2 Å². The predicted molar refractivity (Wildman–Crippen MR) is 226 cm³/mol. The Morgan fingerprint density at radius 1 is 0.692 bits per heavy atom. The summed E-state index contributed by atoms with van der Waals surface area (Å²) in [5.41, 5.74) is 12.8. The Hall–Kier alpha value is -6.05. The first-order valence-electron chi connectivity index (χ1n) is 17.3. The van der Waals surface area contributed by atoms with Gasteiger partial charge in [-0.15, -0.1) is 20.7 Å². The molecular formula is C47H31IN2O2. The number of para-hydroxylation sites is 3. The number of rotatable bonds is 5. The zero-order chi connectivity index (χ0) is 34.6. The van der Waals surface area contributed by atoms with E-state index in [4.69, 9.17) is 13.8 Å². The van der Waals surface area contributed by atoms with Crippen molar-refractivity contribution in [2.24, 2.45) is 0 Å². The van der Waals surface area contributed by atoms with Crippen molar-refractivity contribution in [3.05, 3.63) is 173 Å². The van der Waals surface area contributed by atoms with Gasteiger partial charge in [0.05, 0.1) is 22.9 Å². The molecule has 4 nitrogen and oxygen atoms in total. The highest BCUT2D eigenvalue weighted by atomic mass is 127. The molecule has 5 heteroatoms. The number of hydrogen-bond donors (Lipinski definition) is 1. The summed E-state index contributed by atoms with van der Waals surface area (Å²) in [5.74, 6) is 0. The molecule has 0 radical (unpaired) electrons. The van der Waals surface area contributed by atoms with Gasteiger partial charge in [0, 0.05) is 37.9 Å². The van der Waals surface area contributed by atoms with Crippen LogP contribution in [-0.4, -0.2) is 9.50 Å². The average molecular weight is 783 g/mol. The monoisotopic (exact) mass is 782 g/mol. The van der Waals surface area contributed by atoms with Crippen LogP contribution in [0.25, 0.3) is 82.4 Å². The molecule has 0 amide bonds. The van der Waals surface area contributed by atoms with Crippen molar-refractivity contribution in [3.63, 3.8) is 0 Å². The topological polar surface area (TPSA) is 51.2 Å². The van der Waals surface area contributed by atoms with Crippen molar-refractivity contribution in [3.8, 4) is 22.4 Å². The van der Waals surface area contributed by atoms with E-state index in [0.29, 0.717) is 0 Å². The molecule has 4 heterocycles. The second-order valence-electron chi connectivity index (χ2n) is 13.1. The van der Waals surface area contributed by atoms with Crippen molar-refractivity contribution in [2.45, 2.75) is 6.04 Å². The van der Waals surface area contributed by atoms with Crippen LogP contribution in [0.2, 0.25) is 0 Å². The van der Waals surface area contributed by atoms with Crippen LogP contribution in [0.4, 0.5) is 5.69 Å². The predicted octanol–water partition coefficient (Wildman–Crippen LogP) is 11.4. The van der Waals surface area contributed by atoms with Gasteiger partial charge in [-0.25, -0.2) is 4.98 Å². The van der Waals surface area contributed by atoms with Gasteiger partial charge in [0.15, 0.2) is 0 Å². The Labute approximate surface area is 309 Å². The highest BCUT2D eigenvalue weighted by molar-refractivity contribution is 14.2. The van der Waals surface area contributed by atoms with Crippen molar-refractivity contribution in [1.29, 1.82) is 0 Å². The zero-order valence-corrected chi connectivity index (χ0v) is 30.2. The molecule has 1 atom stereocenters. The lowest BCUT2D eigenvalue weighted by molar-refractivity contribution is 0.575. The number of fused-ring (bicyclic) bond motifs is 7. The van der Waals surface area contributed by atoms with Gasteiger partial charge in [0.25, 0.3) is 0 Å². The molecule has 0 fully saturated rings. The van der Waals surface area contributed by atoms with E-state index in [9.17, 15) is 0 Å². The number of nitrogens with one attached hydrogen (secondary N) is 1. The largest absolute Gasteiger partial charge is 0.456 e. The van der Waals surface area contributed by atoms with Crippen LogP contribution in [0.5, 0.6) is 0 Å². The summed E-state index contributed by atoms with van der Waals surface area (Å²) >= 11 is -0.359. The van der Waals surface area contributed by atoms with E-state index in [0.717, 1.165) is 93.6 Å². The number of anilines is 1. The lowest BCUT2D eigenvalue weighted by Crippen LogP contribution is -2.19. The maximum Gasteiger partial charge on any atom is 0.143 e. The van der Waals surface area contributed by atoms with Gasteiger partial charge in [0.1, 0.15) is 22.2 Å². The normalized spacial score (nSPS) is 14.8. The van der Waals surface area contributed by atoms with Gasteiger partial charge in [-0.3, -0.25) is 0 Å². The quantitative estimate of drug-likeness (QED) is 0.177. The number of furan rings is 2. The van der Waals surface area contributed by atoms with Crippen molar-refractivity contribution in [1.82, 2.24) is 4.98 Å².